The van der Waals surface area contributed by atoms with Crippen LogP contribution in [0.5, 0.6) is 0 Å². The van der Waals surface area contributed by atoms with Gasteiger partial charge in [0.15, 0.2) is 0 Å². The molecule has 0 radical (unpaired) electrons. The Morgan fingerprint density at radius 3 is 1.77 bits per heavy atom. The summed E-state index contributed by atoms with van der Waals surface area (Å²) >= 11 is 0. The van der Waals surface area contributed by atoms with Gasteiger partial charge in [-0.05, 0) is 105 Å². The molecule has 1 saturated heterocycles. The van der Waals surface area contributed by atoms with Crippen LogP contribution in [0, 0.1) is 0 Å². The zero-order valence-corrected chi connectivity index (χ0v) is 24.1. The second kappa shape index (κ2) is 7.75. The van der Waals surface area contributed by atoms with Crippen LogP contribution in [0.25, 0.3) is 54.6 Å². The zero-order chi connectivity index (χ0) is 27.6. The van der Waals surface area contributed by atoms with Gasteiger partial charge in [0, 0.05) is 5.41 Å². The zero-order valence-electron chi connectivity index (χ0n) is 24.1. The van der Waals surface area contributed by atoms with E-state index in [2.05, 4.69) is 133 Å². The second-order valence-electron chi connectivity index (χ2n) is 13.2. The first-order chi connectivity index (χ1) is 19.0. The van der Waals surface area contributed by atoms with E-state index in [0.717, 1.165) is 5.46 Å². The first kappa shape index (κ1) is 24.2. The summed E-state index contributed by atoms with van der Waals surface area (Å²) in [5, 5.41) is 7.95. The molecule has 2 aliphatic rings. The Labute approximate surface area is 236 Å². The van der Waals surface area contributed by atoms with Gasteiger partial charge in [-0.1, -0.05) is 98.8 Å². The molecule has 196 valence electrons. The first-order valence-corrected chi connectivity index (χ1v) is 14.4. The van der Waals surface area contributed by atoms with Gasteiger partial charge in [0.25, 0.3) is 0 Å². The smallest absolute Gasteiger partial charge is 0.399 e. The molecular weight excluding hydrogens is 487 g/mol. The summed E-state index contributed by atoms with van der Waals surface area (Å²) in [4.78, 5) is 0. The highest BCUT2D eigenvalue weighted by molar-refractivity contribution is 6.62. The number of hydrogen-bond donors (Lipinski definition) is 0. The Morgan fingerprint density at radius 1 is 0.525 bits per heavy atom. The monoisotopic (exact) mass is 520 g/mol. The van der Waals surface area contributed by atoms with Crippen molar-refractivity contribution in [3.05, 3.63) is 102 Å². The summed E-state index contributed by atoms with van der Waals surface area (Å²) < 4.78 is 12.8. The molecule has 0 amide bonds. The van der Waals surface area contributed by atoms with Crippen LogP contribution in [0.15, 0.2) is 91.0 Å². The van der Waals surface area contributed by atoms with Gasteiger partial charge in [-0.2, -0.15) is 0 Å². The third kappa shape index (κ3) is 3.14. The van der Waals surface area contributed by atoms with Gasteiger partial charge in [0.1, 0.15) is 0 Å². The average molecular weight is 520 g/mol. The van der Waals surface area contributed by atoms with Crippen molar-refractivity contribution in [2.75, 3.05) is 0 Å². The molecule has 3 heteroatoms. The minimum atomic E-state index is -0.359. The molecule has 8 rings (SSSR count). The molecule has 0 atom stereocenters. The van der Waals surface area contributed by atoms with Crippen molar-refractivity contribution >= 4 is 44.9 Å². The molecule has 0 spiro atoms. The van der Waals surface area contributed by atoms with Crippen LogP contribution in [0.1, 0.15) is 52.7 Å². The number of fused-ring (bicyclic) bond motifs is 3. The van der Waals surface area contributed by atoms with Crippen LogP contribution in [-0.2, 0) is 14.7 Å². The topological polar surface area (TPSA) is 18.5 Å². The SMILES string of the molecule is CC1(C)c2cc(B3OC(C)(C)C(C)(C)O3)ccc2-c2ccc(-c3ccc4ccc5cccc6ccc3c4c56)cc21. The van der Waals surface area contributed by atoms with Crippen LogP contribution in [0.4, 0.5) is 0 Å². The molecule has 6 aromatic rings. The normalized spacial score (nSPS) is 18.6. The predicted octanol–water partition coefficient (Wildman–Crippen LogP) is 8.86. The van der Waals surface area contributed by atoms with Crippen molar-refractivity contribution in [3.63, 3.8) is 0 Å². The molecule has 0 bridgehead atoms. The van der Waals surface area contributed by atoms with E-state index >= 15 is 0 Å². The van der Waals surface area contributed by atoms with Gasteiger partial charge in [0.05, 0.1) is 11.2 Å². The fourth-order valence-electron chi connectivity index (χ4n) is 7.04. The average Bonchev–Trinajstić information content (AvgIpc) is 3.30. The lowest BCUT2D eigenvalue weighted by atomic mass is 9.74. The van der Waals surface area contributed by atoms with Gasteiger partial charge in [-0.15, -0.1) is 0 Å². The summed E-state index contributed by atoms with van der Waals surface area (Å²) in [7, 11) is -0.359. The van der Waals surface area contributed by atoms with Gasteiger partial charge >= 0.3 is 7.12 Å². The molecule has 0 N–H and O–H groups in total. The summed E-state index contributed by atoms with van der Waals surface area (Å²) in [6.07, 6.45) is 0. The van der Waals surface area contributed by atoms with Crippen LogP contribution in [0.2, 0.25) is 0 Å². The quantitative estimate of drug-likeness (QED) is 0.168. The van der Waals surface area contributed by atoms with Gasteiger partial charge in [0.2, 0.25) is 0 Å². The lowest BCUT2D eigenvalue weighted by Crippen LogP contribution is -2.41. The predicted molar refractivity (Wildman–Crippen MR) is 169 cm³/mol. The minimum Gasteiger partial charge on any atom is -0.399 e. The Bertz CT molecular complexity index is 1970. The maximum Gasteiger partial charge on any atom is 0.494 e. The van der Waals surface area contributed by atoms with Crippen molar-refractivity contribution in [3.8, 4) is 22.3 Å². The van der Waals surface area contributed by atoms with Crippen LogP contribution in [0.3, 0.4) is 0 Å². The fraction of sp³-hybridized carbons (Fsp3) is 0.243. The highest BCUT2D eigenvalue weighted by Gasteiger charge is 2.52. The van der Waals surface area contributed by atoms with E-state index in [1.54, 1.807) is 0 Å². The highest BCUT2D eigenvalue weighted by Crippen LogP contribution is 2.50. The molecule has 1 heterocycles. The summed E-state index contributed by atoms with van der Waals surface area (Å²) in [5.41, 5.74) is 8.13. The third-order valence-corrected chi connectivity index (χ3v) is 10.1. The van der Waals surface area contributed by atoms with Gasteiger partial charge in [-0.25, -0.2) is 0 Å². The molecule has 0 unspecified atom stereocenters. The highest BCUT2D eigenvalue weighted by atomic mass is 16.7. The Hall–Kier alpha value is -3.66. The maximum absolute atomic E-state index is 6.40. The number of rotatable bonds is 2. The van der Waals surface area contributed by atoms with Crippen LogP contribution >= 0.6 is 0 Å². The van der Waals surface area contributed by atoms with Crippen LogP contribution in [-0.4, -0.2) is 18.3 Å². The van der Waals surface area contributed by atoms with Crippen molar-refractivity contribution in [1.82, 2.24) is 0 Å². The second-order valence-corrected chi connectivity index (χ2v) is 13.2. The largest absolute Gasteiger partial charge is 0.494 e. The lowest BCUT2D eigenvalue weighted by molar-refractivity contribution is 0.00578. The van der Waals surface area contributed by atoms with Crippen molar-refractivity contribution < 1.29 is 9.31 Å². The van der Waals surface area contributed by atoms with E-state index in [9.17, 15) is 0 Å². The summed E-state index contributed by atoms with van der Waals surface area (Å²) in [5.74, 6) is 0. The fourth-order valence-corrected chi connectivity index (χ4v) is 7.04. The van der Waals surface area contributed by atoms with Gasteiger partial charge in [-0.3, -0.25) is 0 Å². The minimum absolute atomic E-state index is 0.135. The Balaban J connectivity index is 1.25. The van der Waals surface area contributed by atoms with Crippen LogP contribution < -0.4 is 5.46 Å². The van der Waals surface area contributed by atoms with E-state index in [1.807, 2.05) is 0 Å². The Kier molecular flexibility index (Phi) is 4.68. The van der Waals surface area contributed by atoms with E-state index in [1.165, 1.54) is 65.7 Å². The summed E-state index contributed by atoms with van der Waals surface area (Å²) in [6.45, 7) is 13.1. The van der Waals surface area contributed by atoms with Crippen molar-refractivity contribution in [2.45, 2.75) is 58.2 Å². The molecule has 40 heavy (non-hydrogen) atoms. The molecule has 1 fully saturated rings. The maximum atomic E-state index is 6.40. The first-order valence-electron chi connectivity index (χ1n) is 14.4. The standard InChI is InChI=1S/C37H33BO2/c1-35(2)31-20-25(27-16-12-24-11-10-22-8-7-9-23-13-18-30(27)34(24)33(22)23)14-17-28(31)29-19-15-26(21-32(29)35)38-39-36(3,4)37(5,6)40-38/h7-21H,1-6H3. The lowest BCUT2D eigenvalue weighted by Gasteiger charge is -2.32. The molecule has 0 aromatic heterocycles. The van der Waals surface area contributed by atoms with E-state index in [-0.39, 0.29) is 23.7 Å². The molecule has 1 aliphatic heterocycles. The molecule has 1 aliphatic carbocycles. The summed E-state index contributed by atoms with van der Waals surface area (Å²) in [6, 6.07) is 34.1. The van der Waals surface area contributed by atoms with Gasteiger partial charge < -0.3 is 9.31 Å². The van der Waals surface area contributed by atoms with E-state index in [4.69, 9.17) is 9.31 Å². The molecule has 6 aromatic carbocycles. The van der Waals surface area contributed by atoms with E-state index in [0.29, 0.717) is 0 Å². The Morgan fingerprint density at radius 2 is 1.07 bits per heavy atom. The molecular formula is C37H33BO2. The van der Waals surface area contributed by atoms with Crippen molar-refractivity contribution in [1.29, 1.82) is 0 Å². The third-order valence-electron chi connectivity index (χ3n) is 10.1. The molecule has 0 saturated carbocycles. The van der Waals surface area contributed by atoms with E-state index < -0.39 is 0 Å². The number of benzene rings is 6. The van der Waals surface area contributed by atoms with Crippen molar-refractivity contribution in [2.24, 2.45) is 0 Å². The number of hydrogen-bond acceptors (Lipinski definition) is 2. The molecule has 2 nitrogen and oxygen atoms in total.